The van der Waals surface area contributed by atoms with Crippen molar-refractivity contribution in [3.63, 3.8) is 0 Å². The molecule has 1 N–H and O–H groups in total. The Balaban J connectivity index is 2.87. The van der Waals surface area contributed by atoms with Gasteiger partial charge >= 0.3 is 0 Å². The van der Waals surface area contributed by atoms with Gasteiger partial charge in [-0.15, -0.1) is 0 Å². The van der Waals surface area contributed by atoms with Crippen molar-refractivity contribution in [1.29, 1.82) is 0 Å². The Hall–Kier alpha value is -0.540. The van der Waals surface area contributed by atoms with E-state index in [0.717, 1.165) is 29.8 Å². The third kappa shape index (κ3) is 4.32. The van der Waals surface area contributed by atoms with Crippen LogP contribution in [0.5, 0.6) is 5.75 Å². The molecular weight excluding hydrogens is 278 g/mol. The van der Waals surface area contributed by atoms with Crippen molar-refractivity contribution in [2.75, 3.05) is 13.7 Å². The molecule has 1 rings (SSSR count). The molecule has 96 valence electrons. The number of ether oxygens (including phenoxy) is 1. The molecule has 0 saturated heterocycles. The highest BCUT2D eigenvalue weighted by Crippen LogP contribution is 2.28. The minimum atomic E-state index is 0.598. The number of benzene rings is 1. The lowest BCUT2D eigenvalue weighted by Gasteiger charge is -2.17. The minimum Gasteiger partial charge on any atom is -0.493 e. The maximum absolute atomic E-state index is 5.97. The highest BCUT2D eigenvalue weighted by molar-refractivity contribution is 9.10. The fourth-order valence-corrected chi connectivity index (χ4v) is 2.29. The third-order valence-corrected chi connectivity index (χ3v) is 3.35. The normalized spacial score (nSPS) is 12.5. The molecule has 1 atom stereocenters. The molecule has 0 aliphatic rings. The molecule has 3 heteroatoms. The highest BCUT2D eigenvalue weighted by atomic mass is 79.9. The summed E-state index contributed by atoms with van der Waals surface area (Å²) in [5.41, 5.74) is 2.40. The standard InChI is InChI=1S/C14H22BrNO/c1-5-10(2)9-17-14-11(3)6-13(15)7-12(14)8-16-4/h6-7,10,16H,5,8-9H2,1-4H3. The number of halogens is 1. The molecular formula is C14H22BrNO. The van der Waals surface area contributed by atoms with Crippen LogP contribution in [-0.2, 0) is 6.54 Å². The van der Waals surface area contributed by atoms with Gasteiger partial charge in [0.2, 0.25) is 0 Å². The van der Waals surface area contributed by atoms with E-state index in [1.807, 2.05) is 7.05 Å². The van der Waals surface area contributed by atoms with E-state index in [1.165, 1.54) is 11.1 Å². The first kappa shape index (κ1) is 14.5. The molecule has 17 heavy (non-hydrogen) atoms. The van der Waals surface area contributed by atoms with E-state index in [1.54, 1.807) is 0 Å². The molecule has 0 aliphatic heterocycles. The summed E-state index contributed by atoms with van der Waals surface area (Å²) >= 11 is 3.53. The van der Waals surface area contributed by atoms with Crippen LogP contribution in [0.3, 0.4) is 0 Å². The van der Waals surface area contributed by atoms with Gasteiger partial charge in [0.1, 0.15) is 5.75 Å². The zero-order chi connectivity index (χ0) is 12.8. The van der Waals surface area contributed by atoms with Crippen LogP contribution in [0.15, 0.2) is 16.6 Å². The maximum atomic E-state index is 5.97. The van der Waals surface area contributed by atoms with E-state index in [2.05, 4.69) is 54.2 Å². The van der Waals surface area contributed by atoms with Crippen molar-refractivity contribution >= 4 is 15.9 Å². The number of hydrogen-bond donors (Lipinski definition) is 1. The average Bonchev–Trinajstić information content (AvgIpc) is 2.27. The minimum absolute atomic E-state index is 0.598. The molecule has 1 aromatic rings. The number of rotatable bonds is 6. The maximum Gasteiger partial charge on any atom is 0.126 e. The predicted molar refractivity (Wildman–Crippen MR) is 76.6 cm³/mol. The SMILES string of the molecule is CCC(C)COc1c(C)cc(Br)cc1CNC. The van der Waals surface area contributed by atoms with Gasteiger partial charge in [-0.05, 0) is 37.6 Å². The lowest BCUT2D eigenvalue weighted by molar-refractivity contribution is 0.252. The van der Waals surface area contributed by atoms with Crippen molar-refractivity contribution in [3.8, 4) is 5.75 Å². The Labute approximate surface area is 113 Å². The second kappa shape index (κ2) is 7.02. The van der Waals surface area contributed by atoms with Crippen LogP contribution in [-0.4, -0.2) is 13.7 Å². The smallest absolute Gasteiger partial charge is 0.126 e. The lowest BCUT2D eigenvalue weighted by Crippen LogP contribution is -2.12. The second-order valence-corrected chi connectivity index (χ2v) is 5.48. The number of nitrogens with one attached hydrogen (secondary N) is 1. The van der Waals surface area contributed by atoms with Crippen LogP contribution in [0.25, 0.3) is 0 Å². The van der Waals surface area contributed by atoms with E-state index in [0.29, 0.717) is 5.92 Å². The predicted octanol–water partition coefficient (Wildman–Crippen LogP) is 3.90. The summed E-state index contributed by atoms with van der Waals surface area (Å²) in [7, 11) is 1.95. The van der Waals surface area contributed by atoms with Gasteiger partial charge in [0.15, 0.2) is 0 Å². The first-order chi connectivity index (χ1) is 8.08. The van der Waals surface area contributed by atoms with Gasteiger partial charge in [-0.3, -0.25) is 0 Å². The Morgan fingerprint density at radius 1 is 1.41 bits per heavy atom. The molecule has 0 radical (unpaired) electrons. The molecule has 0 spiro atoms. The summed E-state index contributed by atoms with van der Waals surface area (Å²) in [4.78, 5) is 0. The van der Waals surface area contributed by atoms with Crippen molar-refractivity contribution in [2.24, 2.45) is 5.92 Å². The fourth-order valence-electron chi connectivity index (χ4n) is 1.67. The molecule has 2 nitrogen and oxygen atoms in total. The summed E-state index contributed by atoms with van der Waals surface area (Å²) in [5.74, 6) is 1.63. The molecule has 0 fully saturated rings. The van der Waals surface area contributed by atoms with Gasteiger partial charge in [0.05, 0.1) is 6.61 Å². The number of hydrogen-bond acceptors (Lipinski definition) is 2. The zero-order valence-corrected chi connectivity index (χ0v) is 12.7. The molecule has 0 aliphatic carbocycles. The lowest BCUT2D eigenvalue weighted by atomic mass is 10.1. The van der Waals surface area contributed by atoms with Crippen LogP contribution < -0.4 is 10.1 Å². The monoisotopic (exact) mass is 299 g/mol. The van der Waals surface area contributed by atoms with Gasteiger partial charge in [0, 0.05) is 16.6 Å². The second-order valence-electron chi connectivity index (χ2n) is 4.57. The van der Waals surface area contributed by atoms with Crippen LogP contribution in [0.1, 0.15) is 31.4 Å². The molecule has 0 bridgehead atoms. The van der Waals surface area contributed by atoms with Crippen LogP contribution in [0, 0.1) is 12.8 Å². The summed E-state index contributed by atoms with van der Waals surface area (Å²) in [5, 5.41) is 3.18. The zero-order valence-electron chi connectivity index (χ0n) is 11.1. The van der Waals surface area contributed by atoms with Crippen molar-refractivity contribution in [3.05, 3.63) is 27.7 Å². The molecule has 0 heterocycles. The summed E-state index contributed by atoms with van der Waals surface area (Å²) < 4.78 is 7.07. The van der Waals surface area contributed by atoms with Gasteiger partial charge < -0.3 is 10.1 Å². The molecule has 1 aromatic carbocycles. The van der Waals surface area contributed by atoms with E-state index in [9.17, 15) is 0 Å². The molecule has 0 amide bonds. The topological polar surface area (TPSA) is 21.3 Å². The summed E-state index contributed by atoms with van der Waals surface area (Å²) in [6.45, 7) is 8.12. The van der Waals surface area contributed by atoms with Crippen LogP contribution in [0.2, 0.25) is 0 Å². The van der Waals surface area contributed by atoms with Crippen LogP contribution >= 0.6 is 15.9 Å². The Kier molecular flexibility index (Phi) is 6.00. The first-order valence-corrected chi connectivity index (χ1v) is 6.94. The van der Waals surface area contributed by atoms with Gasteiger partial charge in [-0.1, -0.05) is 36.2 Å². The van der Waals surface area contributed by atoms with E-state index >= 15 is 0 Å². The van der Waals surface area contributed by atoms with Gasteiger partial charge in [-0.2, -0.15) is 0 Å². The fraction of sp³-hybridized carbons (Fsp3) is 0.571. The quantitative estimate of drug-likeness (QED) is 0.860. The van der Waals surface area contributed by atoms with E-state index in [4.69, 9.17) is 4.74 Å². The molecule has 0 saturated carbocycles. The molecule has 0 aromatic heterocycles. The van der Waals surface area contributed by atoms with Crippen molar-refractivity contribution in [2.45, 2.75) is 33.7 Å². The van der Waals surface area contributed by atoms with E-state index in [-0.39, 0.29) is 0 Å². The van der Waals surface area contributed by atoms with Crippen molar-refractivity contribution in [1.82, 2.24) is 5.32 Å². The summed E-state index contributed by atoms with van der Waals surface area (Å²) in [6.07, 6.45) is 1.15. The van der Waals surface area contributed by atoms with Gasteiger partial charge in [-0.25, -0.2) is 0 Å². The molecule has 1 unspecified atom stereocenters. The first-order valence-electron chi connectivity index (χ1n) is 6.14. The Morgan fingerprint density at radius 3 is 2.71 bits per heavy atom. The number of aryl methyl sites for hydroxylation is 1. The Morgan fingerprint density at radius 2 is 2.12 bits per heavy atom. The van der Waals surface area contributed by atoms with E-state index < -0.39 is 0 Å². The largest absolute Gasteiger partial charge is 0.493 e. The summed E-state index contributed by atoms with van der Waals surface area (Å²) in [6, 6.07) is 4.22. The highest BCUT2D eigenvalue weighted by Gasteiger charge is 2.10. The van der Waals surface area contributed by atoms with Crippen LogP contribution in [0.4, 0.5) is 0 Å². The average molecular weight is 300 g/mol. The van der Waals surface area contributed by atoms with Gasteiger partial charge in [0.25, 0.3) is 0 Å². The van der Waals surface area contributed by atoms with Crippen molar-refractivity contribution < 1.29 is 4.74 Å². The third-order valence-electron chi connectivity index (χ3n) is 2.89. The Bertz CT molecular complexity index is 365.